The van der Waals surface area contributed by atoms with Gasteiger partial charge in [-0.1, -0.05) is 74.4 Å². The first-order valence-electron chi connectivity index (χ1n) is 11.9. The minimum Gasteiger partial charge on any atom is -0.496 e. The van der Waals surface area contributed by atoms with Gasteiger partial charge < -0.3 is 4.74 Å². The van der Waals surface area contributed by atoms with Crippen LogP contribution in [0.15, 0.2) is 52.3 Å². The molecule has 3 rings (SSSR count). The van der Waals surface area contributed by atoms with Crippen molar-refractivity contribution in [1.82, 2.24) is 9.21 Å². The molecule has 0 spiro atoms. The van der Waals surface area contributed by atoms with Crippen molar-refractivity contribution < 1.29 is 17.9 Å². The lowest BCUT2D eigenvalue weighted by Gasteiger charge is -2.22. The molecule has 0 N–H and O–H groups in total. The maximum atomic E-state index is 13.2. The summed E-state index contributed by atoms with van der Waals surface area (Å²) >= 11 is 12.8. The number of halogens is 1. The summed E-state index contributed by atoms with van der Waals surface area (Å²) in [5.74, 6) is 0.412. The van der Waals surface area contributed by atoms with Crippen molar-refractivity contribution in [3.05, 3.63) is 63.5 Å². The molecule has 6 nitrogen and oxygen atoms in total. The van der Waals surface area contributed by atoms with Crippen molar-refractivity contribution in [1.29, 1.82) is 0 Å². The summed E-state index contributed by atoms with van der Waals surface area (Å²) in [5.41, 5.74) is 1.48. The number of amides is 1. The topological polar surface area (TPSA) is 66.9 Å². The van der Waals surface area contributed by atoms with Crippen molar-refractivity contribution >= 4 is 61.9 Å². The highest BCUT2D eigenvalue weighted by molar-refractivity contribution is 8.26. The number of sulfonamides is 1. The van der Waals surface area contributed by atoms with E-state index in [1.165, 1.54) is 16.7 Å². The van der Waals surface area contributed by atoms with Crippen LogP contribution in [0.1, 0.15) is 50.7 Å². The number of carbonyl (C=O) groups excluding carboxylic acids is 1. The Hall–Kier alpha value is -1.91. The van der Waals surface area contributed by atoms with E-state index < -0.39 is 10.0 Å². The lowest BCUT2D eigenvalue weighted by Crippen LogP contribution is -2.33. The molecule has 2 aromatic carbocycles. The van der Waals surface area contributed by atoms with E-state index in [0.29, 0.717) is 33.1 Å². The Labute approximate surface area is 228 Å². The summed E-state index contributed by atoms with van der Waals surface area (Å²) in [7, 11) is -2.01. The van der Waals surface area contributed by atoms with Crippen LogP contribution in [-0.4, -0.2) is 48.0 Å². The first kappa shape index (κ1) is 28.7. The zero-order valence-electron chi connectivity index (χ0n) is 20.7. The second-order valence-electron chi connectivity index (χ2n) is 8.40. The van der Waals surface area contributed by atoms with Crippen LogP contribution in [-0.2, 0) is 21.4 Å². The molecule has 1 amide bonds. The van der Waals surface area contributed by atoms with Crippen LogP contribution >= 0.6 is 35.6 Å². The van der Waals surface area contributed by atoms with E-state index in [1.54, 1.807) is 60.0 Å². The molecule has 0 radical (unpaired) electrons. The van der Waals surface area contributed by atoms with E-state index in [-0.39, 0.29) is 17.3 Å². The quantitative estimate of drug-likeness (QED) is 0.220. The standard InChI is InChI=1S/C26H31ClN2O4S3/c1-4-6-14-28(15-7-5-2)36(31,32)22-11-8-19(9-12-22)16-24-25(30)29(26(34)35-24)18-20-17-21(27)10-13-23(20)33-3/h8-13,16-17H,4-7,14-15,18H2,1-3H3/b24-16-. The number of benzene rings is 2. The Morgan fingerprint density at radius 3 is 2.31 bits per heavy atom. The summed E-state index contributed by atoms with van der Waals surface area (Å²) < 4.78 is 33.8. The molecule has 1 saturated heterocycles. The average Bonchev–Trinajstić information content (AvgIpc) is 3.11. The van der Waals surface area contributed by atoms with Crippen LogP contribution in [0.4, 0.5) is 0 Å². The van der Waals surface area contributed by atoms with Gasteiger partial charge in [-0.25, -0.2) is 8.42 Å². The van der Waals surface area contributed by atoms with Gasteiger partial charge in [-0.2, -0.15) is 4.31 Å². The number of rotatable bonds is 12. The fraction of sp³-hybridized carbons (Fsp3) is 0.385. The van der Waals surface area contributed by atoms with Gasteiger partial charge in [0.1, 0.15) is 10.1 Å². The van der Waals surface area contributed by atoms with Gasteiger partial charge in [-0.05, 0) is 54.8 Å². The number of thioether (sulfide) groups is 1. The van der Waals surface area contributed by atoms with Crippen molar-refractivity contribution in [2.75, 3.05) is 20.2 Å². The third-order valence-corrected chi connectivity index (χ3v) is 9.31. The first-order valence-corrected chi connectivity index (χ1v) is 14.9. The van der Waals surface area contributed by atoms with Crippen molar-refractivity contribution in [2.24, 2.45) is 0 Å². The van der Waals surface area contributed by atoms with Gasteiger partial charge in [0.25, 0.3) is 5.91 Å². The van der Waals surface area contributed by atoms with Crippen LogP contribution in [0.5, 0.6) is 5.75 Å². The number of methoxy groups -OCH3 is 1. The van der Waals surface area contributed by atoms with E-state index in [9.17, 15) is 13.2 Å². The van der Waals surface area contributed by atoms with Gasteiger partial charge in [0.15, 0.2) is 0 Å². The molecule has 1 aliphatic heterocycles. The summed E-state index contributed by atoms with van der Waals surface area (Å²) in [6.45, 7) is 5.37. The minimum atomic E-state index is -3.57. The van der Waals surface area contributed by atoms with Crippen molar-refractivity contribution in [2.45, 2.75) is 51.0 Å². The fourth-order valence-electron chi connectivity index (χ4n) is 3.73. The Balaban J connectivity index is 1.78. The highest BCUT2D eigenvalue weighted by atomic mass is 35.5. The summed E-state index contributed by atoms with van der Waals surface area (Å²) in [6.07, 6.45) is 5.24. The third-order valence-electron chi connectivity index (χ3n) is 5.78. The number of hydrogen-bond donors (Lipinski definition) is 0. The van der Waals surface area contributed by atoms with E-state index in [4.69, 9.17) is 28.6 Å². The SMILES string of the molecule is CCCCN(CCCC)S(=O)(=O)c1ccc(/C=C2\SC(=S)N(Cc3cc(Cl)ccc3OC)C2=O)cc1. The number of nitrogens with zero attached hydrogens (tertiary/aromatic N) is 2. The molecular formula is C26H31ClN2O4S3. The molecule has 194 valence electrons. The number of thiocarbonyl (C=S) groups is 1. The molecule has 0 atom stereocenters. The van der Waals surface area contributed by atoms with Crippen LogP contribution in [0, 0.1) is 0 Å². The monoisotopic (exact) mass is 566 g/mol. The number of ether oxygens (including phenoxy) is 1. The number of unbranched alkanes of at least 4 members (excludes halogenated alkanes) is 2. The molecule has 1 fully saturated rings. The first-order chi connectivity index (χ1) is 17.2. The normalized spacial score (nSPS) is 15.4. The smallest absolute Gasteiger partial charge is 0.266 e. The lowest BCUT2D eigenvalue weighted by atomic mass is 10.2. The summed E-state index contributed by atoms with van der Waals surface area (Å²) in [5, 5.41) is 0.546. The van der Waals surface area contributed by atoms with Gasteiger partial charge >= 0.3 is 0 Å². The molecule has 0 saturated carbocycles. The van der Waals surface area contributed by atoms with Gasteiger partial charge in [-0.15, -0.1) is 0 Å². The highest BCUT2D eigenvalue weighted by Gasteiger charge is 2.32. The summed E-state index contributed by atoms with van der Waals surface area (Å²) in [4.78, 5) is 15.3. The van der Waals surface area contributed by atoms with E-state index in [1.807, 2.05) is 13.8 Å². The molecule has 36 heavy (non-hydrogen) atoms. The van der Waals surface area contributed by atoms with E-state index in [0.717, 1.165) is 36.8 Å². The van der Waals surface area contributed by atoms with Crippen LogP contribution in [0.2, 0.25) is 5.02 Å². The van der Waals surface area contributed by atoms with Crippen molar-refractivity contribution in [3.8, 4) is 5.75 Å². The lowest BCUT2D eigenvalue weighted by molar-refractivity contribution is -0.122. The number of carbonyl (C=O) groups is 1. The van der Waals surface area contributed by atoms with Crippen LogP contribution in [0.25, 0.3) is 6.08 Å². The molecule has 10 heteroatoms. The molecular weight excluding hydrogens is 536 g/mol. The summed E-state index contributed by atoms with van der Waals surface area (Å²) in [6, 6.07) is 11.9. The second kappa shape index (κ2) is 13.1. The maximum absolute atomic E-state index is 13.2. The van der Waals surface area contributed by atoms with Gasteiger partial charge in [0.05, 0.1) is 23.5 Å². The average molecular weight is 567 g/mol. The van der Waals surface area contributed by atoms with Crippen LogP contribution in [0.3, 0.4) is 0 Å². The van der Waals surface area contributed by atoms with Gasteiger partial charge in [-0.3, -0.25) is 9.69 Å². The Bertz CT molecular complexity index is 1220. The predicted octanol–water partition coefficient (Wildman–Crippen LogP) is 6.34. The minimum absolute atomic E-state index is 0.214. The van der Waals surface area contributed by atoms with E-state index in [2.05, 4.69) is 0 Å². The molecule has 1 heterocycles. The molecule has 0 aliphatic carbocycles. The predicted molar refractivity (Wildman–Crippen MR) is 152 cm³/mol. The van der Waals surface area contributed by atoms with Gasteiger partial charge in [0, 0.05) is 23.7 Å². The van der Waals surface area contributed by atoms with Crippen molar-refractivity contribution in [3.63, 3.8) is 0 Å². The highest BCUT2D eigenvalue weighted by Crippen LogP contribution is 2.35. The molecule has 2 aromatic rings. The maximum Gasteiger partial charge on any atom is 0.266 e. The van der Waals surface area contributed by atoms with Gasteiger partial charge in [0.2, 0.25) is 10.0 Å². The Morgan fingerprint density at radius 2 is 1.72 bits per heavy atom. The van der Waals surface area contributed by atoms with Crippen LogP contribution < -0.4 is 4.74 Å². The largest absolute Gasteiger partial charge is 0.496 e. The second-order valence-corrected chi connectivity index (χ2v) is 12.5. The molecule has 1 aliphatic rings. The number of hydrogen-bond acceptors (Lipinski definition) is 6. The Kier molecular flexibility index (Phi) is 10.4. The molecule has 0 unspecified atom stereocenters. The molecule has 0 aromatic heterocycles. The Morgan fingerprint density at radius 1 is 1.08 bits per heavy atom. The molecule has 0 bridgehead atoms. The zero-order valence-corrected chi connectivity index (χ0v) is 23.9. The fourth-order valence-corrected chi connectivity index (χ4v) is 6.70. The van der Waals surface area contributed by atoms with E-state index >= 15 is 0 Å². The zero-order chi connectivity index (χ0) is 26.3. The third kappa shape index (κ3) is 6.89.